The molecule has 2 aromatic rings. The van der Waals surface area contributed by atoms with Gasteiger partial charge in [-0.3, -0.25) is 9.36 Å². The highest BCUT2D eigenvalue weighted by Gasteiger charge is 2.30. The Hall–Kier alpha value is -1.80. The van der Waals surface area contributed by atoms with Gasteiger partial charge in [-0.05, 0) is 56.3 Å². The Kier molecular flexibility index (Phi) is 5.03. The molecule has 6 nitrogen and oxygen atoms in total. The van der Waals surface area contributed by atoms with Crippen molar-refractivity contribution in [2.75, 3.05) is 31.1 Å². The lowest BCUT2D eigenvalue weighted by atomic mass is 9.95. The Morgan fingerprint density at radius 1 is 1.11 bits per heavy atom. The molecule has 0 bridgehead atoms. The number of hydrogen-bond acceptors (Lipinski definition) is 5. The van der Waals surface area contributed by atoms with E-state index in [9.17, 15) is 17.6 Å². The molecule has 1 unspecified atom stereocenters. The van der Waals surface area contributed by atoms with Crippen molar-refractivity contribution in [3.8, 4) is 0 Å². The van der Waals surface area contributed by atoms with Gasteiger partial charge in [-0.25, -0.2) is 17.8 Å². The summed E-state index contributed by atoms with van der Waals surface area (Å²) in [5.41, 5.74) is 0.260. The quantitative estimate of drug-likeness (QED) is 0.790. The fourth-order valence-electron chi connectivity index (χ4n) is 4.27. The van der Waals surface area contributed by atoms with Gasteiger partial charge in [0, 0.05) is 19.2 Å². The summed E-state index contributed by atoms with van der Waals surface area (Å²) < 4.78 is 38.1. The molecule has 27 heavy (non-hydrogen) atoms. The number of likely N-dealkylation sites (tertiary alicyclic amines) is 1. The molecule has 1 aromatic heterocycles. The molecule has 146 valence electrons. The molecule has 2 aliphatic heterocycles. The third-order valence-electron chi connectivity index (χ3n) is 5.79. The monoisotopic (exact) mass is 393 g/mol. The van der Waals surface area contributed by atoms with Crippen molar-refractivity contribution in [2.45, 2.75) is 25.8 Å². The maximum Gasteiger partial charge on any atom is 0.261 e. The third-order valence-corrected chi connectivity index (χ3v) is 7.63. The van der Waals surface area contributed by atoms with E-state index in [0.29, 0.717) is 34.9 Å². The molecule has 0 spiro atoms. The van der Waals surface area contributed by atoms with Crippen molar-refractivity contribution in [3.05, 3.63) is 40.7 Å². The van der Waals surface area contributed by atoms with Gasteiger partial charge in [0.2, 0.25) is 0 Å². The Morgan fingerprint density at radius 2 is 1.89 bits per heavy atom. The van der Waals surface area contributed by atoms with E-state index in [1.807, 2.05) is 0 Å². The second-order valence-corrected chi connectivity index (χ2v) is 10.1. The fourth-order valence-corrected chi connectivity index (χ4v) is 6.12. The Labute approximate surface area is 157 Å². The van der Waals surface area contributed by atoms with Crippen LogP contribution in [0.1, 0.15) is 19.3 Å². The number of hydrogen-bond donors (Lipinski definition) is 0. The van der Waals surface area contributed by atoms with E-state index in [2.05, 4.69) is 9.88 Å². The second kappa shape index (κ2) is 7.31. The first kappa shape index (κ1) is 18.6. The maximum absolute atomic E-state index is 13.3. The fraction of sp³-hybridized carbons (Fsp3) is 0.579. The Bertz CT molecular complexity index is 997. The lowest BCUT2D eigenvalue weighted by Gasteiger charge is -2.33. The third kappa shape index (κ3) is 4.21. The first-order valence-electron chi connectivity index (χ1n) is 9.47. The minimum Gasteiger partial charge on any atom is -0.303 e. The summed E-state index contributed by atoms with van der Waals surface area (Å²) in [6.07, 6.45) is 4.25. The topological polar surface area (TPSA) is 72.3 Å². The van der Waals surface area contributed by atoms with Gasteiger partial charge in [0.15, 0.2) is 9.84 Å². The lowest BCUT2D eigenvalue weighted by Crippen LogP contribution is -2.39. The number of aromatic nitrogens is 2. The molecule has 0 N–H and O–H groups in total. The highest BCUT2D eigenvalue weighted by Crippen LogP contribution is 2.24. The number of halogens is 1. The van der Waals surface area contributed by atoms with Crippen LogP contribution in [0.3, 0.4) is 0 Å². The van der Waals surface area contributed by atoms with Gasteiger partial charge in [-0.2, -0.15) is 0 Å². The molecule has 0 radical (unpaired) electrons. The van der Waals surface area contributed by atoms with Crippen molar-refractivity contribution >= 4 is 20.7 Å². The molecule has 0 saturated carbocycles. The first-order valence-corrected chi connectivity index (χ1v) is 11.3. The van der Waals surface area contributed by atoms with Crippen LogP contribution >= 0.6 is 0 Å². The average Bonchev–Trinajstić information content (AvgIpc) is 2.97. The van der Waals surface area contributed by atoms with E-state index in [4.69, 9.17) is 0 Å². The molecule has 1 atom stereocenters. The molecule has 0 aliphatic carbocycles. The van der Waals surface area contributed by atoms with Gasteiger partial charge in [-0.1, -0.05) is 0 Å². The highest BCUT2D eigenvalue weighted by atomic mass is 32.2. The summed E-state index contributed by atoms with van der Waals surface area (Å²) in [4.78, 5) is 19.2. The summed E-state index contributed by atoms with van der Waals surface area (Å²) in [6, 6.07) is 4.06. The standard InChI is InChI=1S/C19H24FN3O3S/c20-16-1-2-17-18(9-16)21-13-23(19(17)24)11-14-3-6-22(7-4-14)10-15-5-8-27(25,26)12-15/h1-2,9,13-15H,3-8,10-12H2. The normalized spacial score (nSPS) is 23.8. The molecule has 1 aromatic carbocycles. The average molecular weight is 393 g/mol. The summed E-state index contributed by atoms with van der Waals surface area (Å²) >= 11 is 0. The molecule has 2 saturated heterocycles. The number of rotatable bonds is 4. The van der Waals surface area contributed by atoms with E-state index in [1.165, 1.54) is 24.5 Å². The van der Waals surface area contributed by atoms with Crippen LogP contribution in [0.25, 0.3) is 10.9 Å². The molecule has 8 heteroatoms. The van der Waals surface area contributed by atoms with E-state index in [0.717, 1.165) is 38.9 Å². The van der Waals surface area contributed by atoms with E-state index in [1.54, 1.807) is 4.57 Å². The zero-order valence-corrected chi connectivity index (χ0v) is 16.0. The minimum absolute atomic E-state index is 0.126. The molecule has 2 aliphatic rings. The molecule has 0 amide bonds. The second-order valence-electron chi connectivity index (χ2n) is 7.88. The van der Waals surface area contributed by atoms with Gasteiger partial charge in [-0.15, -0.1) is 0 Å². The van der Waals surface area contributed by atoms with Crippen LogP contribution in [-0.2, 0) is 16.4 Å². The van der Waals surface area contributed by atoms with Crippen LogP contribution in [0.15, 0.2) is 29.3 Å². The Balaban J connectivity index is 1.35. The summed E-state index contributed by atoms with van der Waals surface area (Å²) in [5, 5.41) is 0.443. The van der Waals surface area contributed by atoms with Crippen LogP contribution in [0, 0.1) is 17.7 Å². The number of fused-ring (bicyclic) bond motifs is 1. The van der Waals surface area contributed by atoms with Crippen molar-refractivity contribution in [3.63, 3.8) is 0 Å². The maximum atomic E-state index is 13.3. The predicted octanol–water partition coefficient (Wildman–Crippen LogP) is 1.68. The van der Waals surface area contributed by atoms with Crippen molar-refractivity contribution < 1.29 is 12.8 Å². The van der Waals surface area contributed by atoms with Gasteiger partial charge in [0.05, 0.1) is 28.7 Å². The van der Waals surface area contributed by atoms with Gasteiger partial charge < -0.3 is 4.90 Å². The molecular formula is C19H24FN3O3S. The molecule has 2 fully saturated rings. The van der Waals surface area contributed by atoms with E-state index in [-0.39, 0.29) is 11.5 Å². The summed E-state index contributed by atoms with van der Waals surface area (Å²) in [6.45, 7) is 3.34. The van der Waals surface area contributed by atoms with Crippen molar-refractivity contribution in [1.82, 2.24) is 14.5 Å². The van der Waals surface area contributed by atoms with Crippen molar-refractivity contribution in [1.29, 1.82) is 0 Å². The number of nitrogens with zero attached hydrogens (tertiary/aromatic N) is 3. The van der Waals surface area contributed by atoms with Crippen molar-refractivity contribution in [2.24, 2.45) is 11.8 Å². The lowest BCUT2D eigenvalue weighted by molar-refractivity contribution is 0.156. The van der Waals surface area contributed by atoms with E-state index < -0.39 is 15.7 Å². The Morgan fingerprint density at radius 3 is 2.59 bits per heavy atom. The number of benzene rings is 1. The first-order chi connectivity index (χ1) is 12.9. The van der Waals surface area contributed by atoms with Crippen LogP contribution < -0.4 is 5.56 Å². The molecule has 4 rings (SSSR count). The number of sulfone groups is 1. The largest absolute Gasteiger partial charge is 0.303 e. The molecule has 3 heterocycles. The van der Waals surface area contributed by atoms with Gasteiger partial charge >= 0.3 is 0 Å². The zero-order chi connectivity index (χ0) is 19.0. The molecular weight excluding hydrogens is 369 g/mol. The summed E-state index contributed by atoms with van der Waals surface area (Å²) in [5.74, 6) is 0.918. The van der Waals surface area contributed by atoms with E-state index >= 15 is 0 Å². The van der Waals surface area contributed by atoms with Crippen LogP contribution in [0.2, 0.25) is 0 Å². The smallest absolute Gasteiger partial charge is 0.261 e. The van der Waals surface area contributed by atoms with Gasteiger partial charge in [0.1, 0.15) is 5.82 Å². The summed E-state index contributed by atoms with van der Waals surface area (Å²) in [7, 11) is -2.82. The van der Waals surface area contributed by atoms with Gasteiger partial charge in [0.25, 0.3) is 5.56 Å². The number of piperidine rings is 1. The van der Waals surface area contributed by atoms with Crippen LogP contribution in [0.5, 0.6) is 0 Å². The highest BCUT2D eigenvalue weighted by molar-refractivity contribution is 7.91. The van der Waals surface area contributed by atoms with Crippen LogP contribution in [0.4, 0.5) is 4.39 Å². The minimum atomic E-state index is -2.82. The predicted molar refractivity (Wildman–Crippen MR) is 102 cm³/mol. The van der Waals surface area contributed by atoms with Crippen LogP contribution in [-0.4, -0.2) is 54.0 Å². The zero-order valence-electron chi connectivity index (χ0n) is 15.2. The SMILES string of the molecule is O=c1c2ccc(F)cc2ncn1CC1CCN(CC2CCS(=O)(=O)C2)CC1.